The quantitative estimate of drug-likeness (QED) is 0.853. The zero-order valence-corrected chi connectivity index (χ0v) is 14.7. The highest BCUT2D eigenvalue weighted by Gasteiger charge is 2.28. The van der Waals surface area contributed by atoms with Gasteiger partial charge in [0, 0.05) is 36.3 Å². The molecule has 1 aromatic carbocycles. The van der Waals surface area contributed by atoms with Gasteiger partial charge in [-0.1, -0.05) is 18.0 Å². The largest absolute Gasteiger partial charge is 0.482 e. The Morgan fingerprint density at radius 3 is 2.79 bits per heavy atom. The minimum atomic E-state index is -0.970. The van der Waals surface area contributed by atoms with E-state index in [1.54, 1.807) is 12.1 Å². The molecule has 0 aromatic heterocycles. The van der Waals surface area contributed by atoms with E-state index >= 15 is 0 Å². The zero-order valence-electron chi connectivity index (χ0n) is 13.9. The summed E-state index contributed by atoms with van der Waals surface area (Å²) in [6.45, 7) is 4.99. The Kier molecular flexibility index (Phi) is 5.98. The van der Waals surface area contributed by atoms with E-state index < -0.39 is 5.97 Å². The lowest BCUT2D eigenvalue weighted by Gasteiger charge is -2.32. The third-order valence-corrected chi connectivity index (χ3v) is 5.16. The van der Waals surface area contributed by atoms with Crippen molar-refractivity contribution in [3.63, 3.8) is 0 Å². The van der Waals surface area contributed by atoms with Crippen molar-refractivity contribution in [2.75, 3.05) is 32.8 Å². The molecule has 0 aliphatic carbocycles. The molecule has 1 atom stereocenters. The van der Waals surface area contributed by atoms with Crippen LogP contribution < -0.4 is 4.74 Å². The number of carbonyl (C=O) groups is 1. The first kappa shape index (κ1) is 17.5. The van der Waals surface area contributed by atoms with E-state index in [1.807, 2.05) is 6.07 Å². The smallest absolute Gasteiger partial charge is 0.341 e. The number of carboxylic acid groups (broad SMARTS) is 1. The first-order chi connectivity index (χ1) is 11.6. The van der Waals surface area contributed by atoms with E-state index in [0.717, 1.165) is 25.2 Å². The second-order valence-corrected chi connectivity index (χ2v) is 7.15. The Morgan fingerprint density at radius 1 is 1.25 bits per heavy atom. The third-order valence-electron chi connectivity index (χ3n) is 4.92. The monoisotopic (exact) mass is 352 g/mol. The number of likely N-dealkylation sites (tertiary alicyclic amines) is 2. The van der Waals surface area contributed by atoms with E-state index in [0.29, 0.717) is 16.8 Å². The molecular weight excluding hydrogens is 328 g/mol. The third kappa shape index (κ3) is 4.62. The topological polar surface area (TPSA) is 53.0 Å². The SMILES string of the molecule is O=C(O)COc1ccc(Cl)cc1CN1CC[C@H](N2CCCCC2)C1. The van der Waals surface area contributed by atoms with Crippen molar-refractivity contribution in [2.45, 2.75) is 38.3 Å². The van der Waals surface area contributed by atoms with Gasteiger partial charge in [-0.05, 0) is 50.6 Å². The molecule has 2 aliphatic rings. The Morgan fingerprint density at radius 2 is 2.04 bits per heavy atom. The van der Waals surface area contributed by atoms with E-state index in [4.69, 9.17) is 21.4 Å². The molecule has 0 radical (unpaired) electrons. The molecule has 1 N–H and O–H groups in total. The molecule has 2 aliphatic heterocycles. The average Bonchev–Trinajstić information content (AvgIpc) is 3.03. The molecule has 2 saturated heterocycles. The lowest BCUT2D eigenvalue weighted by molar-refractivity contribution is -0.139. The van der Waals surface area contributed by atoms with Crippen molar-refractivity contribution < 1.29 is 14.6 Å². The molecule has 132 valence electrons. The van der Waals surface area contributed by atoms with Crippen LogP contribution in [0.2, 0.25) is 5.02 Å². The molecule has 0 bridgehead atoms. The summed E-state index contributed by atoms with van der Waals surface area (Å²) in [7, 11) is 0. The maximum atomic E-state index is 10.7. The number of halogens is 1. The van der Waals surface area contributed by atoms with Gasteiger partial charge in [-0.3, -0.25) is 9.80 Å². The van der Waals surface area contributed by atoms with Crippen LogP contribution in [0, 0.1) is 0 Å². The number of nitrogens with zero attached hydrogens (tertiary/aromatic N) is 2. The van der Waals surface area contributed by atoms with Gasteiger partial charge in [0.2, 0.25) is 0 Å². The van der Waals surface area contributed by atoms with Gasteiger partial charge in [0.1, 0.15) is 5.75 Å². The standard InChI is InChI=1S/C18H25ClN2O3/c19-15-4-5-17(24-13-18(22)23)14(10-15)11-20-9-6-16(12-20)21-7-2-1-3-8-21/h4-5,10,16H,1-3,6-9,11-13H2,(H,22,23)/t16-/m0/s1. The summed E-state index contributed by atoms with van der Waals surface area (Å²) in [5.74, 6) is -0.356. The predicted octanol–water partition coefficient (Wildman–Crippen LogP) is 2.86. The molecule has 0 amide bonds. The highest BCUT2D eigenvalue weighted by Crippen LogP contribution is 2.27. The van der Waals surface area contributed by atoms with Crippen molar-refractivity contribution in [2.24, 2.45) is 0 Å². The van der Waals surface area contributed by atoms with Crippen LogP contribution in [-0.2, 0) is 11.3 Å². The van der Waals surface area contributed by atoms with Crippen molar-refractivity contribution in [1.82, 2.24) is 9.80 Å². The summed E-state index contributed by atoms with van der Waals surface area (Å²) in [6, 6.07) is 6.03. The zero-order chi connectivity index (χ0) is 16.9. The normalized spacial score (nSPS) is 22.6. The van der Waals surface area contributed by atoms with Crippen LogP contribution in [0.3, 0.4) is 0 Å². The molecule has 6 heteroatoms. The first-order valence-electron chi connectivity index (χ1n) is 8.71. The molecule has 3 rings (SSSR count). The number of rotatable bonds is 6. The van der Waals surface area contributed by atoms with Gasteiger partial charge >= 0.3 is 5.97 Å². The second kappa shape index (κ2) is 8.19. The number of ether oxygens (including phenoxy) is 1. The Balaban J connectivity index is 1.61. The van der Waals surface area contributed by atoms with Crippen molar-refractivity contribution >= 4 is 17.6 Å². The predicted molar refractivity (Wildman–Crippen MR) is 93.7 cm³/mol. The summed E-state index contributed by atoms with van der Waals surface area (Å²) in [5.41, 5.74) is 0.961. The van der Waals surface area contributed by atoms with Crippen molar-refractivity contribution in [3.8, 4) is 5.75 Å². The van der Waals surface area contributed by atoms with Crippen molar-refractivity contribution in [1.29, 1.82) is 0 Å². The van der Waals surface area contributed by atoms with Crippen LogP contribution in [0.25, 0.3) is 0 Å². The lowest BCUT2D eigenvalue weighted by Crippen LogP contribution is -2.40. The second-order valence-electron chi connectivity index (χ2n) is 6.71. The lowest BCUT2D eigenvalue weighted by atomic mass is 10.1. The highest BCUT2D eigenvalue weighted by molar-refractivity contribution is 6.30. The Hall–Kier alpha value is -1.30. The van der Waals surface area contributed by atoms with E-state index in [2.05, 4.69) is 9.80 Å². The number of aliphatic carboxylic acids is 1. The fourth-order valence-electron chi connectivity index (χ4n) is 3.73. The maximum absolute atomic E-state index is 10.7. The summed E-state index contributed by atoms with van der Waals surface area (Å²) in [5, 5.41) is 9.47. The summed E-state index contributed by atoms with van der Waals surface area (Å²) in [6.07, 6.45) is 5.20. The molecule has 2 heterocycles. The number of hydrogen-bond acceptors (Lipinski definition) is 4. The molecule has 0 spiro atoms. The summed E-state index contributed by atoms with van der Waals surface area (Å²) < 4.78 is 5.41. The van der Waals surface area contributed by atoms with Crippen LogP contribution in [0.1, 0.15) is 31.2 Å². The fraction of sp³-hybridized carbons (Fsp3) is 0.611. The van der Waals surface area contributed by atoms with Crippen LogP contribution in [0.5, 0.6) is 5.75 Å². The van der Waals surface area contributed by atoms with E-state index in [1.165, 1.54) is 38.8 Å². The molecule has 0 unspecified atom stereocenters. The summed E-state index contributed by atoms with van der Waals surface area (Å²) >= 11 is 6.12. The van der Waals surface area contributed by atoms with Gasteiger partial charge in [0.25, 0.3) is 0 Å². The van der Waals surface area contributed by atoms with Crippen molar-refractivity contribution in [3.05, 3.63) is 28.8 Å². The first-order valence-corrected chi connectivity index (χ1v) is 9.09. The van der Waals surface area contributed by atoms with E-state index in [9.17, 15) is 4.79 Å². The van der Waals surface area contributed by atoms with E-state index in [-0.39, 0.29) is 6.61 Å². The van der Waals surface area contributed by atoms with Crippen LogP contribution in [0.15, 0.2) is 18.2 Å². The number of benzene rings is 1. The van der Waals surface area contributed by atoms with Gasteiger partial charge in [0.05, 0.1) is 0 Å². The Labute approximate surface area is 148 Å². The number of carboxylic acids is 1. The molecule has 2 fully saturated rings. The maximum Gasteiger partial charge on any atom is 0.341 e. The highest BCUT2D eigenvalue weighted by atomic mass is 35.5. The van der Waals surface area contributed by atoms with Crippen LogP contribution in [-0.4, -0.2) is 59.7 Å². The number of hydrogen-bond donors (Lipinski definition) is 1. The molecule has 24 heavy (non-hydrogen) atoms. The minimum absolute atomic E-state index is 0.328. The minimum Gasteiger partial charge on any atom is -0.482 e. The fourth-order valence-corrected chi connectivity index (χ4v) is 3.92. The van der Waals surface area contributed by atoms with Gasteiger partial charge in [-0.2, -0.15) is 0 Å². The van der Waals surface area contributed by atoms with Gasteiger partial charge in [-0.15, -0.1) is 0 Å². The van der Waals surface area contributed by atoms with Gasteiger partial charge in [-0.25, -0.2) is 4.79 Å². The van der Waals surface area contributed by atoms with Crippen LogP contribution >= 0.6 is 11.6 Å². The average molecular weight is 353 g/mol. The molecule has 0 saturated carbocycles. The van der Waals surface area contributed by atoms with Gasteiger partial charge < -0.3 is 9.84 Å². The molecule has 1 aromatic rings. The van der Waals surface area contributed by atoms with Gasteiger partial charge in [0.15, 0.2) is 6.61 Å². The molecular formula is C18H25ClN2O3. The summed E-state index contributed by atoms with van der Waals surface area (Å²) in [4.78, 5) is 15.8. The molecule has 5 nitrogen and oxygen atoms in total. The number of piperidine rings is 1. The Bertz CT molecular complexity index is 575. The van der Waals surface area contributed by atoms with Crippen LogP contribution in [0.4, 0.5) is 0 Å².